The summed E-state index contributed by atoms with van der Waals surface area (Å²) in [6.45, 7) is 5.36. The van der Waals surface area contributed by atoms with Crippen LogP contribution in [-0.2, 0) is 9.53 Å². The maximum absolute atomic E-state index is 12.1. The zero-order valence-corrected chi connectivity index (χ0v) is 15.4. The zero-order chi connectivity index (χ0) is 18.0. The molecule has 2 heterocycles. The van der Waals surface area contributed by atoms with Crippen molar-refractivity contribution < 1.29 is 14.1 Å². The highest BCUT2D eigenvalue weighted by atomic mass is 35.5. The van der Waals surface area contributed by atoms with Gasteiger partial charge in [0.2, 0.25) is 5.82 Å². The van der Waals surface area contributed by atoms with Crippen LogP contribution in [0.15, 0.2) is 28.8 Å². The Balaban J connectivity index is 1.77. The third-order valence-electron chi connectivity index (χ3n) is 4.92. The van der Waals surface area contributed by atoms with Gasteiger partial charge in [0, 0.05) is 23.7 Å². The Bertz CT molecular complexity index is 760. The maximum atomic E-state index is 12.1. The minimum Gasteiger partial charge on any atom is -0.469 e. The quantitative estimate of drug-likeness (QED) is 0.769. The molecule has 0 radical (unpaired) electrons. The van der Waals surface area contributed by atoms with Crippen molar-refractivity contribution in [3.63, 3.8) is 0 Å². The van der Waals surface area contributed by atoms with E-state index in [4.69, 9.17) is 20.9 Å². The van der Waals surface area contributed by atoms with E-state index in [0.29, 0.717) is 23.4 Å². The molecule has 1 aliphatic rings. The topological polar surface area (TPSA) is 68.5 Å². The lowest BCUT2D eigenvalue weighted by atomic mass is 9.74. The van der Waals surface area contributed by atoms with Crippen molar-refractivity contribution in [2.75, 3.05) is 25.1 Å². The zero-order valence-electron chi connectivity index (χ0n) is 14.7. The highest BCUT2D eigenvalue weighted by Gasteiger charge is 2.40. The van der Waals surface area contributed by atoms with Gasteiger partial charge in [-0.3, -0.25) is 4.79 Å². The van der Waals surface area contributed by atoms with Crippen LogP contribution in [0.25, 0.3) is 11.4 Å². The molecule has 0 N–H and O–H groups in total. The van der Waals surface area contributed by atoms with Crippen LogP contribution in [0, 0.1) is 11.3 Å². The first-order valence-corrected chi connectivity index (χ1v) is 8.72. The van der Waals surface area contributed by atoms with Crippen LogP contribution >= 0.6 is 11.6 Å². The number of hydrogen-bond donors (Lipinski definition) is 0. The number of halogens is 1. The Labute approximate surface area is 152 Å². The van der Waals surface area contributed by atoms with Crippen molar-refractivity contribution >= 4 is 23.6 Å². The lowest BCUT2D eigenvalue weighted by Crippen LogP contribution is -2.45. The molecular weight excluding hydrogens is 342 g/mol. The number of carbonyl (C=O) groups excluding carboxylic acids is 1. The summed E-state index contributed by atoms with van der Waals surface area (Å²) in [5.74, 6) is 0.478. The number of ether oxygens (including phenoxy) is 1. The maximum Gasteiger partial charge on any atom is 0.324 e. The van der Waals surface area contributed by atoms with Crippen LogP contribution in [-0.4, -0.2) is 36.3 Å². The minimum atomic E-state index is -0.552. The number of aromatic nitrogens is 2. The summed E-state index contributed by atoms with van der Waals surface area (Å²) in [5, 5.41) is 4.69. The van der Waals surface area contributed by atoms with Crippen LogP contribution < -0.4 is 4.90 Å². The van der Waals surface area contributed by atoms with Gasteiger partial charge in [-0.1, -0.05) is 28.9 Å². The SMILES string of the molecule is COC(=O)C(C)(C)C1CCCN(c2nc(-c3cccc(Cl)c3)no2)C1. The number of esters is 1. The van der Waals surface area contributed by atoms with Crippen molar-refractivity contribution in [1.29, 1.82) is 0 Å². The number of carbonyl (C=O) groups is 1. The molecule has 3 rings (SSSR count). The lowest BCUT2D eigenvalue weighted by molar-refractivity contribution is -0.154. The fraction of sp³-hybridized carbons (Fsp3) is 0.500. The number of methoxy groups -OCH3 is 1. The molecule has 1 aromatic heterocycles. The third kappa shape index (κ3) is 3.63. The Morgan fingerprint density at radius 2 is 2.24 bits per heavy atom. The van der Waals surface area contributed by atoms with Crippen LogP contribution in [0.2, 0.25) is 5.02 Å². The smallest absolute Gasteiger partial charge is 0.324 e. The number of nitrogens with zero attached hydrogens (tertiary/aromatic N) is 3. The number of benzene rings is 1. The van der Waals surface area contributed by atoms with Gasteiger partial charge in [-0.2, -0.15) is 4.98 Å². The molecule has 7 heteroatoms. The first-order chi connectivity index (χ1) is 11.9. The fourth-order valence-corrected chi connectivity index (χ4v) is 3.45. The number of rotatable bonds is 4. The molecule has 134 valence electrons. The Morgan fingerprint density at radius 1 is 1.44 bits per heavy atom. The Kier molecular flexibility index (Phi) is 4.99. The summed E-state index contributed by atoms with van der Waals surface area (Å²) in [6.07, 6.45) is 1.92. The molecule has 25 heavy (non-hydrogen) atoms. The largest absolute Gasteiger partial charge is 0.469 e. The van der Waals surface area contributed by atoms with Gasteiger partial charge in [0.25, 0.3) is 0 Å². The van der Waals surface area contributed by atoms with E-state index < -0.39 is 5.41 Å². The molecule has 1 atom stereocenters. The summed E-state index contributed by atoms with van der Waals surface area (Å²) in [7, 11) is 1.43. The van der Waals surface area contributed by atoms with Gasteiger partial charge >= 0.3 is 12.0 Å². The van der Waals surface area contributed by atoms with E-state index >= 15 is 0 Å². The third-order valence-corrected chi connectivity index (χ3v) is 5.16. The average molecular weight is 364 g/mol. The fourth-order valence-electron chi connectivity index (χ4n) is 3.26. The molecule has 2 aromatic rings. The predicted molar refractivity (Wildman–Crippen MR) is 95.5 cm³/mol. The summed E-state index contributed by atoms with van der Waals surface area (Å²) in [6, 6.07) is 7.81. The molecule has 1 fully saturated rings. The van der Waals surface area contributed by atoms with Crippen molar-refractivity contribution in [1.82, 2.24) is 10.1 Å². The second-order valence-electron chi connectivity index (χ2n) is 6.91. The lowest BCUT2D eigenvalue weighted by Gasteiger charge is -2.38. The van der Waals surface area contributed by atoms with Crippen LogP contribution in [0.1, 0.15) is 26.7 Å². The average Bonchev–Trinajstić information content (AvgIpc) is 3.11. The monoisotopic (exact) mass is 363 g/mol. The standard InChI is InChI=1S/C18H22ClN3O3/c1-18(2,16(23)24-3)13-7-5-9-22(11-13)17-20-15(21-25-17)12-6-4-8-14(19)10-12/h4,6,8,10,13H,5,7,9,11H2,1-3H3. The second-order valence-corrected chi connectivity index (χ2v) is 7.35. The van der Waals surface area contributed by atoms with Gasteiger partial charge in [0.15, 0.2) is 0 Å². The number of hydrogen-bond acceptors (Lipinski definition) is 6. The van der Waals surface area contributed by atoms with E-state index in [0.717, 1.165) is 24.9 Å². The van der Waals surface area contributed by atoms with Crippen molar-refractivity contribution in [2.24, 2.45) is 11.3 Å². The van der Waals surface area contributed by atoms with Gasteiger partial charge in [-0.25, -0.2) is 0 Å². The summed E-state index contributed by atoms with van der Waals surface area (Å²) < 4.78 is 10.4. The number of anilines is 1. The first-order valence-electron chi connectivity index (χ1n) is 8.35. The number of piperidine rings is 1. The van der Waals surface area contributed by atoms with Gasteiger partial charge in [-0.15, -0.1) is 0 Å². The molecule has 0 saturated carbocycles. The molecule has 1 unspecified atom stereocenters. The van der Waals surface area contributed by atoms with Crippen molar-refractivity contribution in [3.05, 3.63) is 29.3 Å². The summed E-state index contributed by atoms with van der Waals surface area (Å²) in [5.41, 5.74) is 0.259. The normalized spacial score (nSPS) is 18.2. The minimum absolute atomic E-state index is 0.162. The van der Waals surface area contributed by atoms with Gasteiger partial charge < -0.3 is 14.2 Å². The highest BCUT2D eigenvalue weighted by Crippen LogP contribution is 2.36. The van der Waals surface area contributed by atoms with E-state index in [-0.39, 0.29) is 11.9 Å². The van der Waals surface area contributed by atoms with E-state index in [1.165, 1.54) is 7.11 Å². The van der Waals surface area contributed by atoms with E-state index in [1.807, 2.05) is 30.9 Å². The molecule has 1 aromatic carbocycles. The molecule has 0 spiro atoms. The van der Waals surface area contributed by atoms with Crippen LogP contribution in [0.4, 0.5) is 6.01 Å². The van der Waals surface area contributed by atoms with Crippen LogP contribution in [0.5, 0.6) is 0 Å². The Hall–Kier alpha value is -2.08. The Morgan fingerprint density at radius 3 is 2.96 bits per heavy atom. The van der Waals surface area contributed by atoms with E-state index in [9.17, 15) is 4.79 Å². The van der Waals surface area contributed by atoms with E-state index in [2.05, 4.69) is 10.1 Å². The van der Waals surface area contributed by atoms with Gasteiger partial charge in [-0.05, 0) is 44.7 Å². The van der Waals surface area contributed by atoms with Gasteiger partial charge in [0.1, 0.15) is 0 Å². The van der Waals surface area contributed by atoms with Crippen LogP contribution in [0.3, 0.4) is 0 Å². The highest BCUT2D eigenvalue weighted by molar-refractivity contribution is 6.30. The second kappa shape index (κ2) is 7.04. The molecule has 0 bridgehead atoms. The molecule has 1 saturated heterocycles. The summed E-state index contributed by atoms with van der Waals surface area (Å²) in [4.78, 5) is 18.6. The molecule has 6 nitrogen and oxygen atoms in total. The predicted octanol–water partition coefficient (Wildman–Crippen LogP) is 3.81. The summed E-state index contributed by atoms with van der Waals surface area (Å²) >= 11 is 6.02. The van der Waals surface area contributed by atoms with Gasteiger partial charge in [0.05, 0.1) is 12.5 Å². The molecule has 0 aliphatic carbocycles. The van der Waals surface area contributed by atoms with Crippen molar-refractivity contribution in [3.8, 4) is 11.4 Å². The van der Waals surface area contributed by atoms with Crippen molar-refractivity contribution in [2.45, 2.75) is 26.7 Å². The molecule has 1 aliphatic heterocycles. The molecule has 0 amide bonds. The van der Waals surface area contributed by atoms with E-state index in [1.54, 1.807) is 12.1 Å². The molecular formula is C18H22ClN3O3. The first kappa shape index (κ1) is 17.7.